The van der Waals surface area contributed by atoms with Crippen molar-refractivity contribution >= 4 is 22.7 Å². The smallest absolute Gasteiger partial charge is 0.152 e. The lowest BCUT2D eigenvalue weighted by Crippen LogP contribution is -2.56. The van der Waals surface area contributed by atoms with Crippen LogP contribution in [0.25, 0.3) is 11.1 Å². The van der Waals surface area contributed by atoms with Gasteiger partial charge in [-0.2, -0.15) is 0 Å². The molecule has 0 heterocycles. The standard InChI is InChI=1S/C35H28O2/c1-33-28(24-17-9-4-10-18-24)27(23-15-7-3-8-16-23)29(33)30(36)31-34(2,32(33)37)35(31,25-19-11-5-12-20-25)26-21-13-6-14-22-26/h3-22,29,31H,1-2H3/t29?,31-,33-,34-/m0/s1. The van der Waals surface area contributed by atoms with Crippen LogP contribution in [0.5, 0.6) is 0 Å². The maximum atomic E-state index is 15.0. The molecule has 180 valence electrons. The largest absolute Gasteiger partial charge is 0.299 e. The van der Waals surface area contributed by atoms with E-state index in [4.69, 9.17) is 0 Å². The van der Waals surface area contributed by atoms with E-state index in [2.05, 4.69) is 48.5 Å². The van der Waals surface area contributed by atoms with Crippen LogP contribution in [0.15, 0.2) is 121 Å². The van der Waals surface area contributed by atoms with Gasteiger partial charge in [0.2, 0.25) is 0 Å². The minimum absolute atomic E-state index is 0.181. The van der Waals surface area contributed by atoms with Crippen LogP contribution in [0.2, 0.25) is 0 Å². The molecule has 2 heteroatoms. The molecule has 3 aliphatic rings. The molecule has 4 atom stereocenters. The van der Waals surface area contributed by atoms with E-state index < -0.39 is 28.1 Å². The van der Waals surface area contributed by atoms with E-state index in [1.165, 1.54) is 0 Å². The van der Waals surface area contributed by atoms with Gasteiger partial charge in [0.15, 0.2) is 5.78 Å². The lowest BCUT2D eigenvalue weighted by Gasteiger charge is -2.53. The normalized spacial score (nSPS) is 29.2. The summed E-state index contributed by atoms with van der Waals surface area (Å²) in [4.78, 5) is 29.7. The highest BCUT2D eigenvalue weighted by Gasteiger charge is 2.88. The number of allylic oxidation sites excluding steroid dienone is 2. The van der Waals surface area contributed by atoms with Crippen LogP contribution in [0.1, 0.15) is 36.1 Å². The summed E-state index contributed by atoms with van der Waals surface area (Å²) < 4.78 is 0. The average Bonchev–Trinajstić information content (AvgIpc) is 3.54. The van der Waals surface area contributed by atoms with Gasteiger partial charge in [-0.3, -0.25) is 9.59 Å². The fourth-order valence-electron chi connectivity index (χ4n) is 8.07. The van der Waals surface area contributed by atoms with E-state index in [0.29, 0.717) is 0 Å². The molecule has 7 rings (SSSR count). The highest BCUT2D eigenvalue weighted by atomic mass is 16.2. The molecule has 3 aliphatic carbocycles. The van der Waals surface area contributed by atoms with Gasteiger partial charge in [0, 0.05) is 11.3 Å². The number of carbonyl (C=O) groups excluding carboxylic acids is 2. The molecule has 0 amide bonds. The molecular formula is C35H28O2. The van der Waals surface area contributed by atoms with E-state index in [1.54, 1.807) is 0 Å². The summed E-state index contributed by atoms with van der Waals surface area (Å²) in [6.07, 6.45) is 0. The van der Waals surface area contributed by atoms with E-state index in [-0.39, 0.29) is 11.6 Å². The van der Waals surface area contributed by atoms with Crippen LogP contribution in [0.3, 0.4) is 0 Å². The monoisotopic (exact) mass is 480 g/mol. The Bertz CT molecular complexity index is 1530. The summed E-state index contributed by atoms with van der Waals surface area (Å²) in [5, 5.41) is 0. The van der Waals surface area contributed by atoms with Crippen molar-refractivity contribution < 1.29 is 9.59 Å². The van der Waals surface area contributed by atoms with Crippen LogP contribution in [0.4, 0.5) is 0 Å². The van der Waals surface area contributed by atoms with Crippen molar-refractivity contribution in [2.75, 3.05) is 0 Å². The third-order valence-electron chi connectivity index (χ3n) is 9.52. The molecule has 37 heavy (non-hydrogen) atoms. The Morgan fingerprint density at radius 3 is 1.49 bits per heavy atom. The number of ketones is 2. The topological polar surface area (TPSA) is 34.1 Å². The Morgan fingerprint density at radius 1 is 0.568 bits per heavy atom. The Balaban J connectivity index is 1.49. The Kier molecular flexibility index (Phi) is 4.49. The maximum absolute atomic E-state index is 15.0. The summed E-state index contributed by atoms with van der Waals surface area (Å²) in [5.74, 6) is -0.479. The second-order valence-electron chi connectivity index (χ2n) is 11.1. The van der Waals surface area contributed by atoms with Crippen LogP contribution >= 0.6 is 0 Å². The van der Waals surface area contributed by atoms with Crippen LogP contribution in [-0.4, -0.2) is 11.6 Å². The van der Waals surface area contributed by atoms with Gasteiger partial charge in [-0.25, -0.2) is 0 Å². The third-order valence-corrected chi connectivity index (χ3v) is 9.52. The SMILES string of the molecule is C[C@@]12C(=O)[C@]3(C)[C@H](C(=O)C1C(c1ccccc1)=C2c1ccccc1)C3(c1ccccc1)c1ccccc1. The van der Waals surface area contributed by atoms with Crippen molar-refractivity contribution in [3.63, 3.8) is 0 Å². The fraction of sp³-hybridized carbons (Fsp3) is 0.200. The van der Waals surface area contributed by atoms with Gasteiger partial charge in [0.1, 0.15) is 5.78 Å². The van der Waals surface area contributed by atoms with E-state index in [9.17, 15) is 9.59 Å². The molecule has 1 unspecified atom stereocenters. The van der Waals surface area contributed by atoms with Gasteiger partial charge in [-0.1, -0.05) is 128 Å². The maximum Gasteiger partial charge on any atom is 0.152 e. The van der Waals surface area contributed by atoms with Crippen molar-refractivity contribution in [1.29, 1.82) is 0 Å². The molecule has 0 aromatic heterocycles. The first kappa shape index (κ1) is 22.2. The Labute approximate surface area is 217 Å². The van der Waals surface area contributed by atoms with Gasteiger partial charge in [-0.05, 0) is 40.3 Å². The van der Waals surface area contributed by atoms with Crippen LogP contribution in [-0.2, 0) is 15.0 Å². The minimum Gasteiger partial charge on any atom is -0.299 e. The number of carbonyl (C=O) groups is 2. The molecule has 2 saturated carbocycles. The average molecular weight is 481 g/mol. The first-order valence-electron chi connectivity index (χ1n) is 13.0. The van der Waals surface area contributed by atoms with Gasteiger partial charge < -0.3 is 0 Å². The fourth-order valence-corrected chi connectivity index (χ4v) is 8.07. The highest BCUT2D eigenvalue weighted by Crippen LogP contribution is 2.82. The van der Waals surface area contributed by atoms with Crippen LogP contribution in [0, 0.1) is 22.7 Å². The van der Waals surface area contributed by atoms with Crippen molar-refractivity contribution in [1.82, 2.24) is 0 Å². The molecule has 0 radical (unpaired) electrons. The Hall–Kier alpha value is -4.04. The van der Waals surface area contributed by atoms with Crippen LogP contribution < -0.4 is 0 Å². The van der Waals surface area contributed by atoms with Gasteiger partial charge in [0.25, 0.3) is 0 Å². The summed E-state index contributed by atoms with van der Waals surface area (Å²) in [5.41, 5.74) is 3.79. The molecule has 2 fully saturated rings. The summed E-state index contributed by atoms with van der Waals surface area (Å²) in [7, 11) is 0. The molecule has 4 aromatic rings. The van der Waals surface area contributed by atoms with E-state index >= 15 is 0 Å². The first-order chi connectivity index (χ1) is 18.0. The van der Waals surface area contributed by atoms with Crippen molar-refractivity contribution in [2.45, 2.75) is 19.3 Å². The zero-order valence-corrected chi connectivity index (χ0v) is 21.0. The lowest BCUT2D eigenvalue weighted by molar-refractivity contribution is -0.144. The van der Waals surface area contributed by atoms with Gasteiger partial charge in [0.05, 0.1) is 16.7 Å². The number of hydrogen-bond acceptors (Lipinski definition) is 2. The molecule has 0 bridgehead atoms. The second-order valence-corrected chi connectivity index (χ2v) is 11.1. The van der Waals surface area contributed by atoms with E-state index in [0.717, 1.165) is 33.4 Å². The third kappa shape index (κ3) is 2.51. The molecular weight excluding hydrogens is 452 g/mol. The molecule has 0 aliphatic heterocycles. The van der Waals surface area contributed by atoms with Crippen molar-refractivity contribution in [3.8, 4) is 0 Å². The molecule has 2 nitrogen and oxygen atoms in total. The zero-order valence-electron chi connectivity index (χ0n) is 21.0. The quantitative estimate of drug-likeness (QED) is 0.315. The first-order valence-corrected chi connectivity index (χ1v) is 13.0. The summed E-state index contributed by atoms with van der Waals surface area (Å²) >= 11 is 0. The van der Waals surface area contributed by atoms with E-state index in [1.807, 2.05) is 86.6 Å². The molecule has 4 aromatic carbocycles. The number of rotatable bonds is 4. The van der Waals surface area contributed by atoms with Gasteiger partial charge >= 0.3 is 0 Å². The van der Waals surface area contributed by atoms with Gasteiger partial charge in [-0.15, -0.1) is 0 Å². The minimum atomic E-state index is -0.875. The summed E-state index contributed by atoms with van der Waals surface area (Å²) in [6, 6.07) is 40.7. The number of benzene rings is 4. The van der Waals surface area contributed by atoms with Crippen molar-refractivity contribution in [2.24, 2.45) is 22.7 Å². The predicted octanol–water partition coefficient (Wildman–Crippen LogP) is 7.01. The number of Topliss-reactive ketones (excluding diaryl/α,β-unsaturated/α-hetero) is 2. The molecule has 0 N–H and O–H groups in total. The predicted molar refractivity (Wildman–Crippen MR) is 147 cm³/mol. The molecule has 0 spiro atoms. The second kappa shape index (κ2) is 7.49. The Morgan fingerprint density at radius 2 is 1.00 bits per heavy atom. The summed E-state index contributed by atoms with van der Waals surface area (Å²) in [6.45, 7) is 4.07. The zero-order chi connectivity index (χ0) is 25.4. The molecule has 0 saturated heterocycles. The van der Waals surface area contributed by atoms with Crippen molar-refractivity contribution in [3.05, 3.63) is 144 Å². The highest BCUT2D eigenvalue weighted by molar-refractivity contribution is 6.28. The lowest BCUT2D eigenvalue weighted by atomic mass is 9.46. The number of fused-ring (bicyclic) bond motifs is 2. The number of hydrogen-bond donors (Lipinski definition) is 0.